The van der Waals surface area contributed by atoms with Gasteiger partial charge in [-0.2, -0.15) is 0 Å². The highest BCUT2D eigenvalue weighted by molar-refractivity contribution is 6.34. The molecule has 0 aliphatic heterocycles. The summed E-state index contributed by atoms with van der Waals surface area (Å²) in [5, 5.41) is 0.212. The molecule has 0 N–H and O–H groups in total. The van der Waals surface area contributed by atoms with Gasteiger partial charge in [-0.05, 0) is 18.6 Å². The molecule has 0 fully saturated rings. The molecule has 0 amide bonds. The van der Waals surface area contributed by atoms with Crippen LogP contribution in [0, 0.1) is 0 Å². The normalized spacial score (nSPS) is 11.5. The second kappa shape index (κ2) is 6.07. The van der Waals surface area contributed by atoms with E-state index in [1.54, 1.807) is 0 Å². The molecule has 3 nitrogen and oxygen atoms in total. The van der Waals surface area contributed by atoms with E-state index in [0.29, 0.717) is 12.0 Å². The Hall–Kier alpha value is -1.53. The van der Waals surface area contributed by atoms with Crippen LogP contribution in [0.4, 0.5) is 13.2 Å². The molecule has 0 bridgehead atoms. The van der Waals surface area contributed by atoms with Crippen molar-refractivity contribution in [3.8, 4) is 17.1 Å². The fraction of sp³-hybridized carbons (Fsp3) is 0.231. The van der Waals surface area contributed by atoms with Gasteiger partial charge in [0, 0.05) is 5.56 Å². The minimum Gasteiger partial charge on any atom is -0.405 e. The van der Waals surface area contributed by atoms with Gasteiger partial charge in [-0.25, -0.2) is 9.97 Å². The molecule has 1 heterocycles. The van der Waals surface area contributed by atoms with Crippen molar-refractivity contribution in [3.05, 3.63) is 40.1 Å². The number of rotatable bonds is 3. The topological polar surface area (TPSA) is 35.0 Å². The van der Waals surface area contributed by atoms with Crippen LogP contribution in [0.25, 0.3) is 11.4 Å². The molecule has 112 valence electrons. The van der Waals surface area contributed by atoms with Crippen LogP contribution in [-0.4, -0.2) is 16.3 Å². The minimum atomic E-state index is -4.81. The first-order valence-electron chi connectivity index (χ1n) is 5.89. The lowest BCUT2D eigenvalue weighted by atomic mass is 10.2. The summed E-state index contributed by atoms with van der Waals surface area (Å²) in [5.41, 5.74) is 0.595. The number of hydrogen-bond acceptors (Lipinski definition) is 3. The number of halogens is 5. The van der Waals surface area contributed by atoms with E-state index in [-0.39, 0.29) is 21.7 Å². The summed E-state index contributed by atoms with van der Waals surface area (Å²) in [4.78, 5) is 7.98. The Morgan fingerprint density at radius 1 is 1.10 bits per heavy atom. The molecule has 1 aromatic heterocycles. The van der Waals surface area contributed by atoms with Crippen molar-refractivity contribution in [1.29, 1.82) is 0 Å². The third kappa shape index (κ3) is 3.77. The fourth-order valence-corrected chi connectivity index (χ4v) is 2.36. The Morgan fingerprint density at radius 3 is 2.19 bits per heavy atom. The first-order chi connectivity index (χ1) is 9.81. The van der Waals surface area contributed by atoms with Crippen molar-refractivity contribution >= 4 is 23.2 Å². The largest absolute Gasteiger partial charge is 0.573 e. The summed E-state index contributed by atoms with van der Waals surface area (Å²) in [7, 11) is 0. The third-order valence-corrected chi connectivity index (χ3v) is 3.24. The van der Waals surface area contributed by atoms with Crippen molar-refractivity contribution in [2.45, 2.75) is 19.7 Å². The number of para-hydroxylation sites is 1. The summed E-state index contributed by atoms with van der Waals surface area (Å²) in [6, 6.07) is 5.52. The molecule has 2 aromatic rings. The lowest BCUT2D eigenvalue weighted by molar-refractivity contribution is -0.274. The molecule has 21 heavy (non-hydrogen) atoms. The molecule has 1 aromatic carbocycles. The molecule has 0 saturated carbocycles. The van der Waals surface area contributed by atoms with Crippen LogP contribution in [-0.2, 0) is 6.42 Å². The van der Waals surface area contributed by atoms with Crippen LogP contribution in [0.3, 0.4) is 0 Å². The van der Waals surface area contributed by atoms with E-state index in [2.05, 4.69) is 14.7 Å². The van der Waals surface area contributed by atoms with Gasteiger partial charge in [0.1, 0.15) is 16.1 Å². The first kappa shape index (κ1) is 15.9. The quantitative estimate of drug-likeness (QED) is 0.747. The average molecular weight is 337 g/mol. The molecule has 2 rings (SSSR count). The van der Waals surface area contributed by atoms with Crippen molar-refractivity contribution < 1.29 is 17.9 Å². The number of aromatic nitrogens is 2. The maximum absolute atomic E-state index is 12.4. The zero-order chi connectivity index (χ0) is 15.6. The fourth-order valence-electron chi connectivity index (χ4n) is 1.71. The minimum absolute atomic E-state index is 0.0259. The SMILES string of the molecule is CCc1c(Cl)nc(-c2ccccc2OC(F)(F)F)nc1Cl. The lowest BCUT2D eigenvalue weighted by Gasteiger charge is -2.13. The van der Waals surface area contributed by atoms with E-state index < -0.39 is 12.1 Å². The first-order valence-corrected chi connectivity index (χ1v) is 6.64. The molecule has 0 atom stereocenters. The second-order valence-electron chi connectivity index (χ2n) is 4.00. The standard InChI is InChI=1S/C13H9Cl2F3N2O/c1-2-7-10(14)19-12(20-11(7)15)8-5-3-4-6-9(8)21-13(16,17)18/h3-6H,2H2,1H3. The number of benzene rings is 1. The summed E-state index contributed by atoms with van der Waals surface area (Å²) in [6.07, 6.45) is -4.30. The third-order valence-electron chi connectivity index (χ3n) is 2.61. The second-order valence-corrected chi connectivity index (χ2v) is 4.72. The number of alkyl halides is 3. The van der Waals surface area contributed by atoms with E-state index in [0.717, 1.165) is 0 Å². The van der Waals surface area contributed by atoms with Crippen LogP contribution in [0.15, 0.2) is 24.3 Å². The summed E-state index contributed by atoms with van der Waals surface area (Å²) < 4.78 is 41.2. The molecule has 0 aliphatic rings. The van der Waals surface area contributed by atoms with Crippen LogP contribution >= 0.6 is 23.2 Å². The molecule has 0 saturated heterocycles. The van der Waals surface area contributed by atoms with E-state index in [1.165, 1.54) is 24.3 Å². The van der Waals surface area contributed by atoms with Crippen molar-refractivity contribution in [1.82, 2.24) is 9.97 Å². The molecule has 0 radical (unpaired) electrons. The van der Waals surface area contributed by atoms with Crippen molar-refractivity contribution in [2.24, 2.45) is 0 Å². The predicted octanol–water partition coefficient (Wildman–Crippen LogP) is 4.91. The van der Waals surface area contributed by atoms with E-state index in [9.17, 15) is 13.2 Å². The van der Waals surface area contributed by atoms with E-state index >= 15 is 0 Å². The molecular formula is C13H9Cl2F3N2O. The van der Waals surface area contributed by atoms with Gasteiger partial charge in [0.05, 0.1) is 5.56 Å². The molecular weight excluding hydrogens is 328 g/mol. The number of ether oxygens (including phenoxy) is 1. The summed E-state index contributed by atoms with van der Waals surface area (Å²) >= 11 is 11.9. The Balaban J connectivity index is 2.52. The highest BCUT2D eigenvalue weighted by Gasteiger charge is 2.32. The van der Waals surface area contributed by atoms with Gasteiger partial charge in [-0.1, -0.05) is 42.3 Å². The van der Waals surface area contributed by atoms with Gasteiger partial charge in [0.25, 0.3) is 0 Å². The lowest BCUT2D eigenvalue weighted by Crippen LogP contribution is -2.17. The Labute approximate surface area is 128 Å². The summed E-state index contributed by atoms with van der Waals surface area (Å²) in [6.45, 7) is 1.82. The van der Waals surface area contributed by atoms with Gasteiger partial charge < -0.3 is 4.74 Å². The van der Waals surface area contributed by atoms with Crippen LogP contribution in [0.5, 0.6) is 5.75 Å². The molecule has 0 unspecified atom stereocenters. The Bertz CT molecular complexity index is 639. The highest BCUT2D eigenvalue weighted by atomic mass is 35.5. The number of hydrogen-bond donors (Lipinski definition) is 0. The highest BCUT2D eigenvalue weighted by Crippen LogP contribution is 2.34. The van der Waals surface area contributed by atoms with Crippen molar-refractivity contribution in [2.75, 3.05) is 0 Å². The smallest absolute Gasteiger partial charge is 0.405 e. The molecule has 0 spiro atoms. The predicted molar refractivity (Wildman–Crippen MR) is 73.5 cm³/mol. The van der Waals surface area contributed by atoms with Gasteiger partial charge in [0.15, 0.2) is 5.82 Å². The monoisotopic (exact) mass is 336 g/mol. The van der Waals surface area contributed by atoms with Crippen LogP contribution in [0.1, 0.15) is 12.5 Å². The Morgan fingerprint density at radius 2 is 1.67 bits per heavy atom. The van der Waals surface area contributed by atoms with Crippen molar-refractivity contribution in [3.63, 3.8) is 0 Å². The maximum atomic E-state index is 12.4. The van der Waals surface area contributed by atoms with Gasteiger partial charge in [-0.3, -0.25) is 0 Å². The summed E-state index contributed by atoms with van der Waals surface area (Å²) in [5.74, 6) is -0.441. The molecule has 0 aliphatic carbocycles. The van der Waals surface area contributed by atoms with Gasteiger partial charge >= 0.3 is 6.36 Å². The van der Waals surface area contributed by atoms with Crippen LogP contribution < -0.4 is 4.74 Å². The average Bonchev–Trinajstić information content (AvgIpc) is 2.37. The van der Waals surface area contributed by atoms with Crippen LogP contribution in [0.2, 0.25) is 10.3 Å². The van der Waals surface area contributed by atoms with Gasteiger partial charge in [-0.15, -0.1) is 13.2 Å². The zero-order valence-electron chi connectivity index (χ0n) is 10.7. The van der Waals surface area contributed by atoms with E-state index in [4.69, 9.17) is 23.2 Å². The zero-order valence-corrected chi connectivity index (χ0v) is 12.2. The van der Waals surface area contributed by atoms with Gasteiger partial charge in [0.2, 0.25) is 0 Å². The molecule has 8 heteroatoms. The number of nitrogens with zero attached hydrogens (tertiary/aromatic N) is 2. The van der Waals surface area contributed by atoms with E-state index in [1.807, 2.05) is 6.92 Å². The Kier molecular flexibility index (Phi) is 4.58. The maximum Gasteiger partial charge on any atom is 0.573 e.